The maximum Gasteiger partial charge on any atom is 0.129 e. The molecule has 0 rings (SSSR count). The largest absolute Gasteiger partial charge is 0.258 e. The van der Waals surface area contributed by atoms with Gasteiger partial charge in [-0.3, -0.25) is 5.41 Å². The van der Waals surface area contributed by atoms with E-state index in [2.05, 4.69) is 0 Å². The lowest BCUT2D eigenvalue weighted by atomic mass is 10.1. The van der Waals surface area contributed by atoms with E-state index in [-0.39, 0.29) is 11.1 Å². The van der Waals surface area contributed by atoms with Gasteiger partial charge in [0.2, 0.25) is 0 Å². The molecule has 1 N–H and O–H groups in total. The zero-order chi connectivity index (χ0) is 11.0. The summed E-state index contributed by atoms with van der Waals surface area (Å²) in [6.07, 6.45) is 2.72. The predicted molar refractivity (Wildman–Crippen MR) is 49.9 cm³/mol. The molecule has 0 saturated carbocycles. The van der Waals surface area contributed by atoms with Crippen LogP contribution in [0.15, 0.2) is 28.9 Å². The molecule has 0 aromatic rings. The summed E-state index contributed by atoms with van der Waals surface area (Å²) < 4.78 is 0. The van der Waals surface area contributed by atoms with Crippen molar-refractivity contribution in [3.8, 4) is 18.2 Å². The Kier molecular flexibility index (Phi) is 4.87. The van der Waals surface area contributed by atoms with Crippen molar-refractivity contribution in [1.29, 1.82) is 21.2 Å². The van der Waals surface area contributed by atoms with E-state index in [9.17, 15) is 0 Å². The summed E-state index contributed by atoms with van der Waals surface area (Å²) in [4.78, 5) is 0. The lowest BCUT2D eigenvalue weighted by molar-refractivity contribution is 1.42. The molecule has 0 aliphatic carbocycles. The monoisotopic (exact) mass is 182 g/mol. The fourth-order valence-corrected chi connectivity index (χ4v) is 0.683. The predicted octanol–water partition coefficient (Wildman–Crippen LogP) is 1.60. The molecule has 14 heavy (non-hydrogen) atoms. The lowest BCUT2D eigenvalue weighted by Gasteiger charge is -1.88. The smallest absolute Gasteiger partial charge is 0.129 e. The Hall–Kier alpha value is -2.60. The molecule has 4 nitrogen and oxygen atoms in total. The Bertz CT molecular complexity index is 438. The van der Waals surface area contributed by atoms with Crippen LogP contribution in [0, 0.1) is 39.4 Å². The van der Waals surface area contributed by atoms with Gasteiger partial charge in [0.1, 0.15) is 29.4 Å². The number of hydrogen-bond acceptors (Lipinski definition) is 4. The van der Waals surface area contributed by atoms with Crippen molar-refractivity contribution in [3.63, 3.8) is 0 Å². The van der Waals surface area contributed by atoms with Gasteiger partial charge in [0.25, 0.3) is 0 Å². The van der Waals surface area contributed by atoms with E-state index in [0.717, 1.165) is 0 Å². The van der Waals surface area contributed by atoms with Gasteiger partial charge in [-0.2, -0.15) is 15.8 Å². The minimum absolute atomic E-state index is 0.0407. The Morgan fingerprint density at radius 2 is 1.64 bits per heavy atom. The molecule has 0 aliphatic heterocycles. The van der Waals surface area contributed by atoms with Crippen molar-refractivity contribution in [2.45, 2.75) is 6.92 Å². The van der Waals surface area contributed by atoms with Crippen LogP contribution in [0.3, 0.4) is 0 Å². The summed E-state index contributed by atoms with van der Waals surface area (Å²) in [5, 5.41) is 32.0. The van der Waals surface area contributed by atoms with Gasteiger partial charge in [-0.1, -0.05) is 0 Å². The first-order valence-corrected chi connectivity index (χ1v) is 3.58. The van der Waals surface area contributed by atoms with Crippen molar-refractivity contribution < 1.29 is 0 Å². The molecule has 0 bridgehead atoms. The number of nitrogens with one attached hydrogen (secondary N) is 1. The van der Waals surface area contributed by atoms with Crippen LogP contribution in [0.1, 0.15) is 6.92 Å². The molecule has 0 spiro atoms. The quantitative estimate of drug-likeness (QED) is 0.399. The highest BCUT2D eigenvalue weighted by Gasteiger charge is 1.94. The normalized spacial score (nSPS) is 8.57. The second kappa shape index (κ2) is 5.98. The van der Waals surface area contributed by atoms with E-state index in [0.29, 0.717) is 5.57 Å². The minimum Gasteiger partial charge on any atom is -0.258 e. The average molecular weight is 182 g/mol. The van der Waals surface area contributed by atoms with Crippen molar-refractivity contribution in [1.82, 2.24) is 0 Å². The van der Waals surface area contributed by atoms with Gasteiger partial charge in [0.05, 0.1) is 0 Å². The summed E-state index contributed by atoms with van der Waals surface area (Å²) in [6, 6.07) is 5.12. The standard InChI is InChI=1S/C10H6N4/c1-8(2-9(4-11)5-12)3-10(6-13)7-14/h2-3,11H,1H3. The summed E-state index contributed by atoms with van der Waals surface area (Å²) in [6.45, 7) is 1.63. The van der Waals surface area contributed by atoms with Gasteiger partial charge in [-0.05, 0) is 30.5 Å². The van der Waals surface area contributed by atoms with Crippen LogP contribution in [0.4, 0.5) is 0 Å². The van der Waals surface area contributed by atoms with E-state index in [1.807, 2.05) is 5.87 Å². The highest BCUT2D eigenvalue weighted by molar-refractivity contribution is 5.66. The van der Waals surface area contributed by atoms with Crippen LogP contribution in [0.25, 0.3) is 0 Å². The van der Waals surface area contributed by atoms with Gasteiger partial charge in [-0.15, -0.1) is 0 Å². The third kappa shape index (κ3) is 3.69. The summed E-state index contributed by atoms with van der Waals surface area (Å²) in [5.41, 5.74) is 0.564. The number of nitrogens with zero attached hydrogens (tertiary/aromatic N) is 3. The first-order valence-electron chi connectivity index (χ1n) is 3.58. The molecule has 4 heteroatoms. The molecule has 0 saturated heterocycles. The fraction of sp³-hybridized carbons (Fsp3) is 0.100. The van der Waals surface area contributed by atoms with E-state index in [1.165, 1.54) is 12.2 Å². The van der Waals surface area contributed by atoms with E-state index >= 15 is 0 Å². The molecule has 0 amide bonds. The highest BCUT2D eigenvalue weighted by Crippen LogP contribution is 2.03. The molecule has 0 aliphatic rings. The molecular formula is C10H6N4. The van der Waals surface area contributed by atoms with Gasteiger partial charge in [0, 0.05) is 0 Å². The molecule has 0 radical (unpaired) electrons. The van der Waals surface area contributed by atoms with Gasteiger partial charge in [-0.25, -0.2) is 0 Å². The number of hydrogen-bond donors (Lipinski definition) is 1. The Morgan fingerprint density at radius 1 is 1.07 bits per heavy atom. The second-order valence-corrected chi connectivity index (χ2v) is 2.32. The Morgan fingerprint density at radius 3 is 2.00 bits per heavy atom. The molecule has 0 unspecified atom stereocenters. The maximum atomic E-state index is 8.46. The van der Waals surface area contributed by atoms with Crippen molar-refractivity contribution in [2.24, 2.45) is 0 Å². The molecule has 66 valence electrons. The summed E-state index contributed by atoms with van der Waals surface area (Å²) >= 11 is 0. The number of nitriles is 3. The molecule has 0 fully saturated rings. The Labute approximate surface area is 81.8 Å². The maximum absolute atomic E-state index is 8.46. The van der Waals surface area contributed by atoms with Gasteiger partial charge in [0.15, 0.2) is 0 Å². The van der Waals surface area contributed by atoms with Crippen LogP contribution in [-0.4, -0.2) is 5.87 Å². The van der Waals surface area contributed by atoms with Crippen molar-refractivity contribution >= 4 is 5.87 Å². The fourth-order valence-electron chi connectivity index (χ4n) is 0.683. The van der Waals surface area contributed by atoms with Gasteiger partial charge < -0.3 is 0 Å². The van der Waals surface area contributed by atoms with E-state index in [1.54, 1.807) is 25.1 Å². The molecule has 0 aromatic carbocycles. The van der Waals surface area contributed by atoms with E-state index in [4.69, 9.17) is 21.2 Å². The zero-order valence-corrected chi connectivity index (χ0v) is 7.50. The second-order valence-electron chi connectivity index (χ2n) is 2.32. The van der Waals surface area contributed by atoms with Crippen LogP contribution in [0.5, 0.6) is 0 Å². The van der Waals surface area contributed by atoms with Crippen LogP contribution in [0.2, 0.25) is 0 Å². The topological polar surface area (TPSA) is 95.2 Å². The van der Waals surface area contributed by atoms with E-state index < -0.39 is 0 Å². The summed E-state index contributed by atoms with van der Waals surface area (Å²) in [7, 11) is 0. The van der Waals surface area contributed by atoms with Crippen molar-refractivity contribution in [3.05, 3.63) is 28.9 Å². The average Bonchev–Trinajstić information content (AvgIpc) is 2.22. The first-order chi connectivity index (χ1) is 6.67. The Balaban J connectivity index is 5.05. The first kappa shape index (κ1) is 11.4. The molecule has 0 atom stereocenters. The van der Waals surface area contributed by atoms with Gasteiger partial charge >= 0.3 is 0 Å². The van der Waals surface area contributed by atoms with Crippen LogP contribution >= 0.6 is 0 Å². The third-order valence-corrected chi connectivity index (χ3v) is 1.24. The highest BCUT2D eigenvalue weighted by atomic mass is 14.3. The summed E-state index contributed by atoms with van der Waals surface area (Å²) in [5.74, 6) is 1.93. The van der Waals surface area contributed by atoms with Crippen LogP contribution in [-0.2, 0) is 0 Å². The molecule has 0 heterocycles. The van der Waals surface area contributed by atoms with Crippen molar-refractivity contribution in [2.75, 3.05) is 0 Å². The lowest BCUT2D eigenvalue weighted by Crippen LogP contribution is -1.78. The number of rotatable bonds is 2. The van der Waals surface area contributed by atoms with Crippen LogP contribution < -0.4 is 0 Å². The zero-order valence-electron chi connectivity index (χ0n) is 7.50. The number of allylic oxidation sites excluding steroid dienone is 5. The SMILES string of the molecule is CC(C=C(C#N)C#N)=CC(=C=N)C#N. The minimum atomic E-state index is -0.0407. The molecular weight excluding hydrogens is 176 g/mol. The third-order valence-electron chi connectivity index (χ3n) is 1.24. The molecule has 0 aromatic heterocycles.